The predicted molar refractivity (Wildman–Crippen MR) is 339 cm³/mol. The van der Waals surface area contributed by atoms with Crippen molar-refractivity contribution < 1.29 is 0 Å². The molecular formula is C75H64BN3. The molecular weight excluding hydrogens is 954 g/mol. The number of fused-ring (bicyclic) bond motifs is 4. The van der Waals surface area contributed by atoms with Gasteiger partial charge in [-0.3, -0.25) is 0 Å². The van der Waals surface area contributed by atoms with E-state index >= 15 is 0 Å². The lowest BCUT2D eigenvalue weighted by atomic mass is 9.43. The largest absolute Gasteiger partial charge is 0.376 e. The van der Waals surface area contributed by atoms with Gasteiger partial charge in [0, 0.05) is 51.1 Å². The minimum absolute atomic E-state index is 0.0523. The molecule has 0 amide bonds. The van der Waals surface area contributed by atoms with Crippen LogP contribution in [0.3, 0.4) is 0 Å². The molecule has 0 aliphatic carbocycles. The molecule has 0 spiro atoms. The third-order valence-electron chi connectivity index (χ3n) is 16.2. The Morgan fingerprint density at radius 3 is 1.34 bits per heavy atom. The van der Waals surface area contributed by atoms with Crippen molar-refractivity contribution in [3.63, 3.8) is 0 Å². The molecule has 4 heteroatoms. The van der Waals surface area contributed by atoms with Crippen LogP contribution in [0.5, 0.6) is 0 Å². The summed E-state index contributed by atoms with van der Waals surface area (Å²) in [7, 11) is 0. The Balaban J connectivity index is 1.12. The Labute approximate surface area is 467 Å². The first-order valence-electron chi connectivity index (χ1n) is 27.9. The molecule has 382 valence electrons. The molecule has 0 aromatic heterocycles. The average Bonchev–Trinajstić information content (AvgIpc) is 3.46. The van der Waals surface area contributed by atoms with Crippen molar-refractivity contribution in [2.75, 3.05) is 14.6 Å². The lowest BCUT2D eigenvalue weighted by molar-refractivity contribution is 0.590. The molecule has 2 aliphatic rings. The SMILES string of the molecule is Cc1cc(-c2ccccc2)ccc1N1c2cc(N(c3cccc(C(C)(C)C)c3)c3cccc(C(C)(C)C)c3)ccc2B2c3c(cc(-c4ccccc4)cc31)-c1ccc(-c3ccccc3)cc1N2c1ccc(-c2ccccc2)cc1. The lowest BCUT2D eigenvalue weighted by Gasteiger charge is -2.46. The molecule has 3 nitrogen and oxygen atoms in total. The van der Waals surface area contributed by atoms with Crippen LogP contribution in [0, 0.1) is 6.92 Å². The van der Waals surface area contributed by atoms with Crippen molar-refractivity contribution in [2.24, 2.45) is 0 Å². The normalized spacial score (nSPS) is 12.7. The van der Waals surface area contributed by atoms with E-state index < -0.39 is 0 Å². The molecule has 0 saturated carbocycles. The van der Waals surface area contributed by atoms with Crippen LogP contribution >= 0.6 is 0 Å². The first kappa shape index (κ1) is 49.5. The molecule has 0 radical (unpaired) electrons. The predicted octanol–water partition coefficient (Wildman–Crippen LogP) is 19.4. The van der Waals surface area contributed by atoms with Crippen LogP contribution in [0.15, 0.2) is 261 Å². The molecule has 0 fully saturated rings. The minimum atomic E-state index is -0.206. The van der Waals surface area contributed by atoms with E-state index in [4.69, 9.17) is 0 Å². The van der Waals surface area contributed by atoms with E-state index in [1.807, 2.05) is 0 Å². The summed E-state index contributed by atoms with van der Waals surface area (Å²) in [5.41, 5.74) is 27.2. The zero-order valence-electron chi connectivity index (χ0n) is 46.2. The summed E-state index contributed by atoms with van der Waals surface area (Å²) in [5, 5.41) is 0. The van der Waals surface area contributed by atoms with Gasteiger partial charge in [0.15, 0.2) is 0 Å². The van der Waals surface area contributed by atoms with Crippen LogP contribution in [-0.4, -0.2) is 6.85 Å². The van der Waals surface area contributed by atoms with Crippen molar-refractivity contribution in [1.82, 2.24) is 0 Å². The topological polar surface area (TPSA) is 9.72 Å². The van der Waals surface area contributed by atoms with Gasteiger partial charge in [0.05, 0.1) is 0 Å². The van der Waals surface area contributed by atoms with Gasteiger partial charge >= 0.3 is 6.85 Å². The van der Waals surface area contributed by atoms with E-state index in [2.05, 4.69) is 324 Å². The Morgan fingerprint density at radius 1 is 0.329 bits per heavy atom. The summed E-state index contributed by atoms with van der Waals surface area (Å²) >= 11 is 0. The van der Waals surface area contributed by atoms with Gasteiger partial charge in [-0.1, -0.05) is 224 Å². The fraction of sp³-hybridized carbons (Fsp3) is 0.120. The van der Waals surface area contributed by atoms with Gasteiger partial charge in [-0.25, -0.2) is 0 Å². The Morgan fingerprint density at radius 2 is 0.797 bits per heavy atom. The standard InChI is InChI=1S/C75H64BN3/c1-51-44-57(53-24-14-9-15-25-53)37-43-69(51)78-71-50-65(77(63-32-20-30-60(48-63)74(2,3)4)64-33-21-31-61(49-64)75(5,6)7)40-42-68(71)76-73-67(45-59(47-72(73)78)55-28-18-11-19-29-55)66-41-36-58(54-26-16-10-17-27-54)46-70(66)79(76)62-38-34-56(35-39-62)52-22-12-8-13-23-52/h8-50H,1-7H3. The van der Waals surface area contributed by atoms with Crippen LogP contribution in [0.4, 0.5) is 45.5 Å². The number of aryl methyl sites for hydroxylation is 1. The number of hydrogen-bond acceptors (Lipinski definition) is 3. The van der Waals surface area contributed by atoms with Crippen LogP contribution in [-0.2, 0) is 10.8 Å². The summed E-state index contributed by atoms with van der Waals surface area (Å²) < 4.78 is 0. The van der Waals surface area contributed by atoms with Crippen LogP contribution in [0.1, 0.15) is 58.2 Å². The Bertz CT molecular complexity index is 3990. The first-order chi connectivity index (χ1) is 38.4. The number of nitrogens with zero attached hydrogens (tertiary/aromatic N) is 3. The Kier molecular flexibility index (Phi) is 12.3. The van der Waals surface area contributed by atoms with E-state index in [1.165, 1.54) is 94.6 Å². The van der Waals surface area contributed by atoms with Gasteiger partial charge in [-0.05, 0) is 174 Å². The number of anilines is 8. The Hall–Kier alpha value is -9.12. The zero-order chi connectivity index (χ0) is 54.0. The van der Waals surface area contributed by atoms with Crippen molar-refractivity contribution in [2.45, 2.75) is 59.3 Å². The second-order valence-corrected chi connectivity index (χ2v) is 23.5. The average molecular weight is 1020 g/mol. The van der Waals surface area contributed by atoms with Gasteiger partial charge in [-0.2, -0.15) is 0 Å². The second-order valence-electron chi connectivity index (χ2n) is 23.5. The maximum atomic E-state index is 2.64. The summed E-state index contributed by atoms with van der Waals surface area (Å²) in [6, 6.07) is 97.3. The minimum Gasteiger partial charge on any atom is -0.376 e. The summed E-state index contributed by atoms with van der Waals surface area (Å²) in [6.07, 6.45) is 0. The van der Waals surface area contributed by atoms with Crippen molar-refractivity contribution in [1.29, 1.82) is 0 Å². The van der Waals surface area contributed by atoms with Gasteiger partial charge < -0.3 is 14.6 Å². The molecule has 0 atom stereocenters. The molecule has 79 heavy (non-hydrogen) atoms. The summed E-state index contributed by atoms with van der Waals surface area (Å²) in [5.74, 6) is 0. The molecule has 0 saturated heterocycles. The number of rotatable bonds is 9. The number of hydrogen-bond donors (Lipinski definition) is 0. The highest BCUT2D eigenvalue weighted by Crippen LogP contribution is 2.51. The van der Waals surface area contributed by atoms with Crippen molar-refractivity contribution in [3.8, 4) is 55.6 Å². The van der Waals surface area contributed by atoms with Gasteiger partial charge in [0.2, 0.25) is 0 Å². The molecule has 0 N–H and O–H groups in total. The van der Waals surface area contributed by atoms with Crippen LogP contribution in [0.25, 0.3) is 55.6 Å². The quantitative estimate of drug-likeness (QED) is 0.133. The fourth-order valence-corrected chi connectivity index (χ4v) is 12.1. The highest BCUT2D eigenvalue weighted by atomic mass is 15.2. The van der Waals surface area contributed by atoms with Crippen LogP contribution in [0.2, 0.25) is 0 Å². The first-order valence-corrected chi connectivity index (χ1v) is 27.9. The van der Waals surface area contributed by atoms with E-state index in [1.54, 1.807) is 0 Å². The molecule has 2 heterocycles. The van der Waals surface area contributed by atoms with Crippen molar-refractivity contribution >= 4 is 63.3 Å². The number of benzene rings is 11. The molecule has 11 aromatic rings. The maximum Gasteiger partial charge on any atom is 0.333 e. The molecule has 0 unspecified atom stereocenters. The van der Waals surface area contributed by atoms with E-state index in [0.29, 0.717) is 0 Å². The smallest absolute Gasteiger partial charge is 0.333 e. The monoisotopic (exact) mass is 1020 g/mol. The zero-order valence-corrected chi connectivity index (χ0v) is 46.2. The van der Waals surface area contributed by atoms with Gasteiger partial charge in [0.1, 0.15) is 0 Å². The summed E-state index contributed by atoms with van der Waals surface area (Å²) in [4.78, 5) is 7.72. The van der Waals surface area contributed by atoms with E-state index in [-0.39, 0.29) is 17.7 Å². The second kappa shape index (κ2) is 19.7. The van der Waals surface area contributed by atoms with Crippen LogP contribution < -0.4 is 25.5 Å². The maximum absolute atomic E-state index is 2.64. The molecule has 11 aromatic carbocycles. The van der Waals surface area contributed by atoms with Crippen molar-refractivity contribution in [3.05, 3.63) is 278 Å². The molecule has 2 aliphatic heterocycles. The highest BCUT2D eigenvalue weighted by Gasteiger charge is 2.46. The lowest BCUT2D eigenvalue weighted by Crippen LogP contribution is -2.61. The fourth-order valence-electron chi connectivity index (χ4n) is 12.1. The molecule has 0 bridgehead atoms. The van der Waals surface area contributed by atoms with Gasteiger partial charge in [-0.15, -0.1) is 0 Å². The van der Waals surface area contributed by atoms with Gasteiger partial charge in [0.25, 0.3) is 0 Å². The van der Waals surface area contributed by atoms with E-state index in [0.717, 1.165) is 34.1 Å². The third-order valence-corrected chi connectivity index (χ3v) is 16.2. The molecule has 13 rings (SSSR count). The third kappa shape index (κ3) is 9.11. The highest BCUT2D eigenvalue weighted by molar-refractivity contribution is 6.93. The van der Waals surface area contributed by atoms with E-state index in [9.17, 15) is 0 Å². The summed E-state index contributed by atoms with van der Waals surface area (Å²) in [6.45, 7) is 15.9.